The first-order valence-corrected chi connectivity index (χ1v) is 9.93. The maximum atomic E-state index is 12.0. The zero-order valence-electron chi connectivity index (χ0n) is 14.4. The van der Waals surface area contributed by atoms with E-state index >= 15 is 0 Å². The van der Waals surface area contributed by atoms with Crippen LogP contribution in [0.15, 0.2) is 0 Å². The predicted molar refractivity (Wildman–Crippen MR) is 86.8 cm³/mol. The van der Waals surface area contributed by atoms with Gasteiger partial charge < -0.3 is 9.47 Å². The van der Waals surface area contributed by atoms with Gasteiger partial charge in [0.25, 0.3) is 0 Å². The minimum atomic E-state index is -0.276. The van der Waals surface area contributed by atoms with E-state index in [1.165, 1.54) is 38.5 Å². The number of ether oxygens (including phenoxy) is 2. The van der Waals surface area contributed by atoms with Crippen molar-refractivity contribution in [2.75, 3.05) is 13.2 Å². The first-order chi connectivity index (χ1) is 11.1. The van der Waals surface area contributed by atoms with Crippen molar-refractivity contribution < 1.29 is 14.3 Å². The smallest absolute Gasteiger partial charge is 0.174 e. The third kappa shape index (κ3) is 1.93. The third-order valence-corrected chi connectivity index (χ3v) is 8.57. The summed E-state index contributed by atoms with van der Waals surface area (Å²) in [6.07, 6.45) is 10.5. The topological polar surface area (TPSA) is 35.5 Å². The lowest BCUT2D eigenvalue weighted by atomic mass is 9.50. The quantitative estimate of drug-likeness (QED) is 0.678. The Morgan fingerprint density at radius 2 is 1.74 bits per heavy atom. The summed E-state index contributed by atoms with van der Waals surface area (Å²) in [7, 11) is 0. The molecule has 0 aromatic carbocycles. The monoisotopic (exact) mass is 318 g/mol. The van der Waals surface area contributed by atoms with Gasteiger partial charge in [-0.2, -0.15) is 0 Å². The lowest BCUT2D eigenvalue weighted by Gasteiger charge is -2.56. The lowest BCUT2D eigenvalue weighted by Crippen LogP contribution is -2.54. The van der Waals surface area contributed by atoms with E-state index in [1.807, 2.05) is 0 Å². The van der Waals surface area contributed by atoms with Crippen molar-refractivity contribution in [2.45, 2.75) is 70.5 Å². The molecule has 5 aliphatic rings. The largest absolute Gasteiger partial charge is 0.347 e. The van der Waals surface area contributed by atoms with E-state index in [-0.39, 0.29) is 11.2 Å². The number of hydrogen-bond acceptors (Lipinski definition) is 3. The molecule has 128 valence electrons. The second-order valence-corrected chi connectivity index (χ2v) is 9.16. The number of fused-ring (bicyclic) bond motifs is 6. The number of rotatable bonds is 0. The zero-order valence-corrected chi connectivity index (χ0v) is 14.4. The van der Waals surface area contributed by atoms with Crippen LogP contribution in [-0.2, 0) is 14.3 Å². The summed E-state index contributed by atoms with van der Waals surface area (Å²) in [6, 6.07) is 0. The van der Waals surface area contributed by atoms with Crippen molar-refractivity contribution >= 4 is 5.78 Å². The fraction of sp³-hybridized carbons (Fsp3) is 0.950. The van der Waals surface area contributed by atoms with E-state index in [1.54, 1.807) is 0 Å². The summed E-state index contributed by atoms with van der Waals surface area (Å²) in [5.41, 5.74) is 0.205. The van der Waals surface area contributed by atoms with E-state index in [9.17, 15) is 4.79 Å². The maximum absolute atomic E-state index is 12.0. The number of ketones is 1. The average Bonchev–Trinajstić information content (AvgIpc) is 3.14. The molecule has 1 heterocycles. The van der Waals surface area contributed by atoms with Gasteiger partial charge in [0, 0.05) is 24.7 Å². The highest BCUT2D eigenvalue weighted by atomic mass is 16.7. The minimum Gasteiger partial charge on any atom is -0.347 e. The predicted octanol–water partition coefficient (Wildman–Crippen LogP) is 3.95. The molecule has 6 atom stereocenters. The van der Waals surface area contributed by atoms with Gasteiger partial charge in [0.15, 0.2) is 5.79 Å². The van der Waals surface area contributed by atoms with Crippen LogP contribution < -0.4 is 0 Å². The second kappa shape index (κ2) is 5.05. The highest BCUT2D eigenvalue weighted by Gasteiger charge is 2.65. The summed E-state index contributed by atoms with van der Waals surface area (Å²) in [6.45, 7) is 4.00. The van der Waals surface area contributed by atoms with Gasteiger partial charge in [-0.15, -0.1) is 0 Å². The Labute approximate surface area is 139 Å². The molecule has 0 bridgehead atoms. The standard InChI is InChI=1S/C20H30O3/c1-19-8-6-15-16(5-3-13-2-4-14(21)12-17(13)15)18(19)7-9-20(19)22-10-11-23-20/h13,15-18H,2-12H2,1H3/t13-,15+,16-,17+,18-,19+/m1/s1. The molecular formula is C20H30O3. The molecule has 1 spiro atoms. The van der Waals surface area contributed by atoms with Crippen LogP contribution in [-0.4, -0.2) is 24.8 Å². The van der Waals surface area contributed by atoms with Gasteiger partial charge in [-0.3, -0.25) is 4.79 Å². The number of carbonyl (C=O) groups excluding carboxylic acids is 1. The van der Waals surface area contributed by atoms with Crippen LogP contribution >= 0.6 is 0 Å². The van der Waals surface area contributed by atoms with Crippen LogP contribution in [0, 0.1) is 35.0 Å². The molecule has 0 N–H and O–H groups in total. The maximum Gasteiger partial charge on any atom is 0.174 e. The number of hydrogen-bond donors (Lipinski definition) is 0. The zero-order chi connectivity index (χ0) is 15.7. The van der Waals surface area contributed by atoms with Crippen LogP contribution in [0.5, 0.6) is 0 Å². The Balaban J connectivity index is 1.44. The summed E-state index contributed by atoms with van der Waals surface area (Å²) < 4.78 is 12.4. The van der Waals surface area contributed by atoms with Gasteiger partial charge >= 0.3 is 0 Å². The molecule has 4 aliphatic carbocycles. The first-order valence-electron chi connectivity index (χ1n) is 9.93. The normalized spacial score (nSPS) is 51.3. The Kier molecular flexibility index (Phi) is 3.27. The van der Waals surface area contributed by atoms with Crippen molar-refractivity contribution in [3.63, 3.8) is 0 Å². The SMILES string of the molecule is C[C@]12CC[C@H]3[C@@H](CC[C@H]4CCC(=O)C[C@@H]43)[C@H]1CCC21OCCO1. The lowest BCUT2D eigenvalue weighted by molar-refractivity contribution is -0.243. The van der Waals surface area contributed by atoms with Crippen LogP contribution in [0.4, 0.5) is 0 Å². The van der Waals surface area contributed by atoms with Gasteiger partial charge in [-0.05, 0) is 68.1 Å². The van der Waals surface area contributed by atoms with E-state index in [4.69, 9.17) is 9.47 Å². The Hall–Kier alpha value is -0.410. The molecule has 0 radical (unpaired) electrons. The van der Waals surface area contributed by atoms with E-state index in [0.29, 0.717) is 11.7 Å². The Bertz CT molecular complexity index is 509. The van der Waals surface area contributed by atoms with Crippen molar-refractivity contribution in [3.8, 4) is 0 Å². The van der Waals surface area contributed by atoms with Crippen LogP contribution in [0.2, 0.25) is 0 Å². The molecule has 4 saturated carbocycles. The fourth-order valence-corrected chi connectivity index (χ4v) is 7.51. The highest BCUT2D eigenvalue weighted by molar-refractivity contribution is 5.79. The molecule has 23 heavy (non-hydrogen) atoms. The van der Waals surface area contributed by atoms with Crippen LogP contribution in [0.25, 0.3) is 0 Å². The molecule has 1 aliphatic heterocycles. The van der Waals surface area contributed by atoms with E-state index in [2.05, 4.69) is 6.92 Å². The third-order valence-electron chi connectivity index (χ3n) is 8.57. The van der Waals surface area contributed by atoms with Crippen LogP contribution in [0.1, 0.15) is 64.7 Å². The van der Waals surface area contributed by atoms with Gasteiger partial charge in [0.05, 0.1) is 13.2 Å². The first kappa shape index (κ1) is 14.9. The number of carbonyl (C=O) groups is 1. The highest BCUT2D eigenvalue weighted by Crippen LogP contribution is 2.66. The molecule has 1 saturated heterocycles. The fourth-order valence-electron chi connectivity index (χ4n) is 7.51. The molecular weight excluding hydrogens is 288 g/mol. The van der Waals surface area contributed by atoms with Gasteiger partial charge in [-0.1, -0.05) is 6.92 Å². The van der Waals surface area contributed by atoms with Gasteiger partial charge in [0.2, 0.25) is 0 Å². The molecule has 5 fully saturated rings. The molecule has 3 nitrogen and oxygen atoms in total. The van der Waals surface area contributed by atoms with E-state index < -0.39 is 0 Å². The van der Waals surface area contributed by atoms with E-state index in [0.717, 1.165) is 56.1 Å². The molecule has 5 rings (SSSR count). The van der Waals surface area contributed by atoms with Gasteiger partial charge in [0.1, 0.15) is 5.78 Å². The minimum absolute atomic E-state index is 0.205. The molecule has 0 aromatic rings. The van der Waals surface area contributed by atoms with Crippen LogP contribution in [0.3, 0.4) is 0 Å². The summed E-state index contributed by atoms with van der Waals surface area (Å²) in [5, 5.41) is 0. The Morgan fingerprint density at radius 3 is 2.57 bits per heavy atom. The molecule has 0 unspecified atom stereocenters. The molecule has 0 aromatic heterocycles. The van der Waals surface area contributed by atoms with Crippen molar-refractivity contribution in [3.05, 3.63) is 0 Å². The summed E-state index contributed by atoms with van der Waals surface area (Å²) in [5.74, 6) is 4.15. The Morgan fingerprint density at radius 1 is 0.913 bits per heavy atom. The average molecular weight is 318 g/mol. The van der Waals surface area contributed by atoms with Crippen molar-refractivity contribution in [1.29, 1.82) is 0 Å². The number of Topliss-reactive ketones (excluding diaryl/α,β-unsaturated/α-hetero) is 1. The van der Waals surface area contributed by atoms with Crippen molar-refractivity contribution in [1.82, 2.24) is 0 Å². The summed E-state index contributed by atoms with van der Waals surface area (Å²) >= 11 is 0. The second-order valence-electron chi connectivity index (χ2n) is 9.16. The van der Waals surface area contributed by atoms with Crippen molar-refractivity contribution in [2.24, 2.45) is 35.0 Å². The molecule has 3 heteroatoms. The van der Waals surface area contributed by atoms with Gasteiger partial charge in [-0.25, -0.2) is 0 Å². The molecule has 0 amide bonds. The summed E-state index contributed by atoms with van der Waals surface area (Å²) in [4.78, 5) is 12.0.